The van der Waals surface area contributed by atoms with Gasteiger partial charge in [-0.25, -0.2) is 4.79 Å². The van der Waals surface area contributed by atoms with Crippen molar-refractivity contribution in [2.45, 2.75) is 83.6 Å². The third-order valence-corrected chi connectivity index (χ3v) is 7.85. The highest BCUT2D eigenvalue weighted by molar-refractivity contribution is 7.99. The predicted molar refractivity (Wildman–Crippen MR) is 148 cm³/mol. The van der Waals surface area contributed by atoms with Gasteiger partial charge in [0.25, 0.3) is 0 Å². The molecule has 0 spiro atoms. The predicted octanol–water partition coefficient (Wildman–Crippen LogP) is 7.89. The first-order chi connectivity index (χ1) is 17.2. The molecule has 0 aliphatic carbocycles. The molecule has 0 aromatic heterocycles. The van der Waals surface area contributed by atoms with Gasteiger partial charge in [-0.1, -0.05) is 57.7 Å². The van der Waals surface area contributed by atoms with Crippen molar-refractivity contribution in [1.82, 2.24) is 0 Å². The molecule has 1 aliphatic rings. The van der Waals surface area contributed by atoms with E-state index in [0.717, 1.165) is 28.6 Å². The number of fused-ring (bicyclic) bond motifs is 1. The normalized spacial score (nSPS) is 14.9. The monoisotopic (exact) mass is 508 g/mol. The van der Waals surface area contributed by atoms with E-state index >= 15 is 0 Å². The van der Waals surface area contributed by atoms with Gasteiger partial charge in [0.2, 0.25) is 0 Å². The fraction of sp³-hybridized carbons (Fsp3) is 0.533. The van der Waals surface area contributed by atoms with Gasteiger partial charge in [-0.05, 0) is 63.3 Å². The van der Waals surface area contributed by atoms with E-state index in [0.29, 0.717) is 11.3 Å². The summed E-state index contributed by atoms with van der Waals surface area (Å²) in [4.78, 5) is 15.7. The topological polar surface area (TPSA) is 62.6 Å². The van der Waals surface area contributed by atoms with Crippen LogP contribution in [0.15, 0.2) is 47.4 Å². The molecule has 5 nitrogen and oxygen atoms in total. The van der Waals surface area contributed by atoms with Gasteiger partial charge in [0.05, 0.1) is 11.3 Å². The quantitative estimate of drug-likeness (QED) is 0.304. The SMILES string of the molecule is CCCCC1(CCCC)CSc2cc(OCC(=O)OC(C)(C)C)c(C#N)cc2N(c2ccccc2)C1. The summed E-state index contributed by atoms with van der Waals surface area (Å²) in [5, 5.41) is 9.96. The second-order valence-corrected chi connectivity index (χ2v) is 11.7. The molecule has 3 rings (SSSR count). The molecule has 0 saturated carbocycles. The fourth-order valence-electron chi connectivity index (χ4n) is 4.66. The Labute approximate surface area is 221 Å². The summed E-state index contributed by atoms with van der Waals surface area (Å²) in [6.07, 6.45) is 7.13. The molecule has 0 N–H and O–H groups in total. The molecule has 2 aromatic rings. The highest BCUT2D eigenvalue weighted by Crippen LogP contribution is 2.48. The molecule has 0 unspecified atom stereocenters. The van der Waals surface area contributed by atoms with Crippen molar-refractivity contribution in [3.8, 4) is 11.8 Å². The Morgan fingerprint density at radius 3 is 2.36 bits per heavy atom. The van der Waals surface area contributed by atoms with Crippen molar-refractivity contribution >= 4 is 29.1 Å². The number of nitrogens with zero attached hydrogens (tertiary/aromatic N) is 2. The van der Waals surface area contributed by atoms with E-state index in [4.69, 9.17) is 9.47 Å². The van der Waals surface area contributed by atoms with Gasteiger partial charge in [0.15, 0.2) is 6.61 Å². The van der Waals surface area contributed by atoms with Gasteiger partial charge < -0.3 is 14.4 Å². The molecule has 0 radical (unpaired) electrons. The average molecular weight is 509 g/mol. The van der Waals surface area contributed by atoms with Crippen molar-refractivity contribution in [3.63, 3.8) is 0 Å². The number of hydrogen-bond acceptors (Lipinski definition) is 6. The Morgan fingerprint density at radius 1 is 1.11 bits per heavy atom. The number of thioether (sulfide) groups is 1. The van der Waals surface area contributed by atoms with Gasteiger partial charge in [-0.15, -0.1) is 11.8 Å². The van der Waals surface area contributed by atoms with Crippen molar-refractivity contribution < 1.29 is 14.3 Å². The van der Waals surface area contributed by atoms with Gasteiger partial charge in [0, 0.05) is 22.9 Å². The van der Waals surface area contributed by atoms with Gasteiger partial charge in [0.1, 0.15) is 17.4 Å². The van der Waals surface area contributed by atoms with Crippen molar-refractivity contribution in [1.29, 1.82) is 5.26 Å². The van der Waals surface area contributed by atoms with Crippen LogP contribution in [0, 0.1) is 16.7 Å². The number of unbranched alkanes of at least 4 members (excludes halogenated alkanes) is 2. The van der Waals surface area contributed by atoms with Crippen LogP contribution >= 0.6 is 11.8 Å². The largest absolute Gasteiger partial charge is 0.480 e. The summed E-state index contributed by atoms with van der Waals surface area (Å²) in [6.45, 7) is 10.7. The van der Waals surface area contributed by atoms with Crippen molar-refractivity contribution in [2.75, 3.05) is 23.8 Å². The summed E-state index contributed by atoms with van der Waals surface area (Å²) >= 11 is 1.85. The Kier molecular flexibility index (Phi) is 9.73. The minimum atomic E-state index is -0.585. The second-order valence-electron chi connectivity index (χ2n) is 10.7. The van der Waals surface area contributed by atoms with Crippen molar-refractivity contribution in [3.05, 3.63) is 48.0 Å². The number of esters is 1. The zero-order valence-electron chi connectivity index (χ0n) is 22.4. The fourth-order valence-corrected chi connectivity index (χ4v) is 6.01. The highest BCUT2D eigenvalue weighted by atomic mass is 32.2. The Morgan fingerprint density at radius 2 is 1.78 bits per heavy atom. The average Bonchev–Trinajstić information content (AvgIpc) is 3.01. The summed E-state index contributed by atoms with van der Waals surface area (Å²) < 4.78 is 11.2. The first-order valence-corrected chi connectivity index (χ1v) is 14.1. The molecule has 1 aliphatic heterocycles. The lowest BCUT2D eigenvalue weighted by molar-refractivity contribution is -0.157. The molecule has 0 saturated heterocycles. The maximum atomic E-state index is 12.3. The number of nitriles is 1. The zero-order chi connectivity index (χ0) is 26.2. The van der Waals surface area contributed by atoms with Crippen LogP contribution in [0.25, 0.3) is 0 Å². The molecule has 0 atom stereocenters. The van der Waals surface area contributed by atoms with E-state index in [9.17, 15) is 10.1 Å². The van der Waals surface area contributed by atoms with E-state index in [2.05, 4.69) is 49.1 Å². The smallest absolute Gasteiger partial charge is 0.344 e. The number of carbonyl (C=O) groups is 1. The summed E-state index contributed by atoms with van der Waals surface area (Å²) in [7, 11) is 0. The van der Waals surface area contributed by atoms with E-state index in [-0.39, 0.29) is 12.0 Å². The van der Waals surface area contributed by atoms with Crippen LogP contribution in [0.4, 0.5) is 11.4 Å². The maximum Gasteiger partial charge on any atom is 0.344 e. The van der Waals surface area contributed by atoms with Crippen LogP contribution in [0.2, 0.25) is 0 Å². The number of rotatable bonds is 10. The van der Waals surface area contributed by atoms with Gasteiger partial charge in [-0.2, -0.15) is 5.26 Å². The number of carbonyl (C=O) groups excluding carboxylic acids is 1. The van der Waals surface area contributed by atoms with Crippen LogP contribution in [-0.4, -0.2) is 30.5 Å². The molecule has 6 heteroatoms. The molecule has 1 heterocycles. The molecule has 2 aromatic carbocycles. The van der Waals surface area contributed by atoms with Gasteiger partial charge >= 0.3 is 5.97 Å². The number of benzene rings is 2. The number of para-hydroxylation sites is 1. The minimum Gasteiger partial charge on any atom is -0.480 e. The zero-order valence-corrected chi connectivity index (χ0v) is 23.2. The number of anilines is 2. The van der Waals surface area contributed by atoms with Crippen LogP contribution in [0.5, 0.6) is 5.75 Å². The Balaban J connectivity index is 2.00. The molecule has 194 valence electrons. The van der Waals surface area contributed by atoms with Crippen LogP contribution in [0.3, 0.4) is 0 Å². The summed E-state index contributed by atoms with van der Waals surface area (Å²) in [5.74, 6) is 0.996. The summed E-state index contributed by atoms with van der Waals surface area (Å²) in [6, 6.07) is 16.6. The standard InChI is InChI=1S/C30H40N2O3S/c1-6-8-15-30(16-9-7-2)21-32(24-13-11-10-12-14-24)25-17-23(19-31)26(18-27(25)36-22-30)34-20-28(33)35-29(3,4)5/h10-14,17-18H,6-9,15-16,20-22H2,1-5H3. The van der Waals surface area contributed by atoms with Crippen LogP contribution in [-0.2, 0) is 9.53 Å². The maximum absolute atomic E-state index is 12.3. The third-order valence-electron chi connectivity index (χ3n) is 6.45. The van der Waals surface area contributed by atoms with E-state index in [1.165, 1.54) is 38.5 Å². The van der Waals surface area contributed by atoms with Crippen LogP contribution in [0.1, 0.15) is 78.7 Å². The number of ether oxygens (including phenoxy) is 2. The molecular formula is C30H40N2O3S. The molecule has 36 heavy (non-hydrogen) atoms. The highest BCUT2D eigenvalue weighted by Gasteiger charge is 2.36. The lowest BCUT2D eigenvalue weighted by atomic mass is 9.79. The van der Waals surface area contributed by atoms with E-state index < -0.39 is 11.6 Å². The molecular weight excluding hydrogens is 468 g/mol. The summed E-state index contributed by atoms with van der Waals surface area (Å²) in [5.41, 5.74) is 2.18. The lowest BCUT2D eigenvalue weighted by Gasteiger charge is -2.37. The van der Waals surface area contributed by atoms with Crippen molar-refractivity contribution in [2.24, 2.45) is 5.41 Å². The van der Waals surface area contributed by atoms with Gasteiger partial charge in [-0.3, -0.25) is 0 Å². The first kappa shape index (κ1) is 27.9. The first-order valence-electron chi connectivity index (χ1n) is 13.1. The Hall–Kier alpha value is -2.65. The van der Waals surface area contributed by atoms with Crippen LogP contribution < -0.4 is 9.64 Å². The van der Waals surface area contributed by atoms with E-state index in [1.54, 1.807) is 0 Å². The van der Waals surface area contributed by atoms with E-state index in [1.807, 2.05) is 50.7 Å². The molecule has 0 fully saturated rings. The minimum absolute atomic E-state index is 0.176. The second kappa shape index (κ2) is 12.5. The third kappa shape index (κ3) is 7.43. The number of hydrogen-bond donors (Lipinski definition) is 0. The Bertz CT molecular complexity index is 1050. The lowest BCUT2D eigenvalue weighted by Crippen LogP contribution is -2.36. The molecule has 0 amide bonds. The molecule has 0 bridgehead atoms.